The standard InChI is InChI=1S/C16H9BrFNO2/c17-11-7-5-10(6-8-11)9-14-16(20)21-15(19-14)12-3-1-2-4-13(12)18/h1-9H/b14-9-. The number of ether oxygens (including phenoxy) is 1. The predicted octanol–water partition coefficient (Wildman–Crippen LogP) is 3.93. The molecule has 0 radical (unpaired) electrons. The van der Waals surface area contributed by atoms with Crippen molar-refractivity contribution >= 4 is 33.9 Å². The molecule has 1 aliphatic heterocycles. The van der Waals surface area contributed by atoms with Crippen molar-refractivity contribution < 1.29 is 13.9 Å². The van der Waals surface area contributed by atoms with E-state index in [9.17, 15) is 9.18 Å². The molecule has 5 heteroatoms. The lowest BCUT2D eigenvalue weighted by molar-refractivity contribution is -0.129. The SMILES string of the molecule is O=C1OC(c2ccccc2F)=N/C1=C\c1ccc(Br)cc1. The Morgan fingerprint density at radius 3 is 2.52 bits per heavy atom. The maximum absolute atomic E-state index is 13.7. The molecule has 0 saturated carbocycles. The van der Waals surface area contributed by atoms with Crippen molar-refractivity contribution in [3.05, 3.63) is 75.6 Å². The van der Waals surface area contributed by atoms with Gasteiger partial charge in [0.15, 0.2) is 5.70 Å². The summed E-state index contributed by atoms with van der Waals surface area (Å²) in [5.41, 5.74) is 1.13. The summed E-state index contributed by atoms with van der Waals surface area (Å²) in [6.07, 6.45) is 1.60. The summed E-state index contributed by atoms with van der Waals surface area (Å²) in [5, 5.41) is 0. The van der Waals surface area contributed by atoms with E-state index in [2.05, 4.69) is 20.9 Å². The molecule has 2 aromatic rings. The normalized spacial score (nSPS) is 16.0. The topological polar surface area (TPSA) is 38.7 Å². The van der Waals surface area contributed by atoms with Crippen LogP contribution in [0.15, 0.2) is 63.7 Å². The molecule has 3 rings (SSSR count). The molecule has 0 atom stereocenters. The molecular weight excluding hydrogens is 337 g/mol. The minimum atomic E-state index is -0.587. The van der Waals surface area contributed by atoms with Crippen molar-refractivity contribution in [2.24, 2.45) is 4.99 Å². The molecule has 0 fully saturated rings. The van der Waals surface area contributed by atoms with Gasteiger partial charge in [0.05, 0.1) is 5.56 Å². The van der Waals surface area contributed by atoms with Crippen LogP contribution in [0.5, 0.6) is 0 Å². The molecule has 1 heterocycles. The van der Waals surface area contributed by atoms with Gasteiger partial charge in [-0.2, -0.15) is 0 Å². The first-order valence-corrected chi connectivity index (χ1v) is 6.96. The van der Waals surface area contributed by atoms with E-state index in [1.54, 1.807) is 18.2 Å². The van der Waals surface area contributed by atoms with Gasteiger partial charge in [-0.3, -0.25) is 0 Å². The van der Waals surface area contributed by atoms with Gasteiger partial charge < -0.3 is 4.74 Å². The molecule has 0 unspecified atom stereocenters. The number of rotatable bonds is 2. The minimum Gasteiger partial charge on any atom is -0.402 e. The Kier molecular flexibility index (Phi) is 3.66. The number of halogens is 2. The van der Waals surface area contributed by atoms with Gasteiger partial charge in [0, 0.05) is 4.47 Å². The third-order valence-corrected chi connectivity index (χ3v) is 3.43. The van der Waals surface area contributed by atoms with Crippen molar-refractivity contribution in [1.29, 1.82) is 0 Å². The number of esters is 1. The summed E-state index contributed by atoms with van der Waals surface area (Å²) >= 11 is 3.34. The first kappa shape index (κ1) is 13.7. The van der Waals surface area contributed by atoms with E-state index in [1.165, 1.54) is 12.1 Å². The summed E-state index contributed by atoms with van der Waals surface area (Å²) in [4.78, 5) is 15.9. The fourth-order valence-corrected chi connectivity index (χ4v) is 2.14. The highest BCUT2D eigenvalue weighted by Crippen LogP contribution is 2.21. The van der Waals surface area contributed by atoms with Crippen LogP contribution in [0.4, 0.5) is 4.39 Å². The van der Waals surface area contributed by atoms with E-state index in [0.29, 0.717) is 0 Å². The maximum atomic E-state index is 13.7. The van der Waals surface area contributed by atoms with Crippen LogP contribution < -0.4 is 0 Å². The van der Waals surface area contributed by atoms with E-state index in [1.807, 2.05) is 24.3 Å². The van der Waals surface area contributed by atoms with Crippen molar-refractivity contribution in [3.8, 4) is 0 Å². The highest BCUT2D eigenvalue weighted by Gasteiger charge is 2.25. The summed E-state index contributed by atoms with van der Waals surface area (Å²) in [5.74, 6) is -1.08. The van der Waals surface area contributed by atoms with E-state index in [4.69, 9.17) is 4.74 Å². The van der Waals surface area contributed by atoms with Crippen LogP contribution in [-0.2, 0) is 9.53 Å². The monoisotopic (exact) mass is 345 g/mol. The minimum absolute atomic E-state index is 0.0125. The highest BCUT2D eigenvalue weighted by atomic mass is 79.9. The van der Waals surface area contributed by atoms with E-state index in [-0.39, 0.29) is 17.2 Å². The van der Waals surface area contributed by atoms with Crippen LogP contribution in [0, 0.1) is 5.82 Å². The molecule has 0 N–H and O–H groups in total. The van der Waals surface area contributed by atoms with Crippen LogP contribution in [0.1, 0.15) is 11.1 Å². The van der Waals surface area contributed by atoms with Crippen LogP contribution >= 0.6 is 15.9 Å². The highest BCUT2D eigenvalue weighted by molar-refractivity contribution is 9.10. The van der Waals surface area contributed by atoms with E-state index in [0.717, 1.165) is 10.0 Å². The van der Waals surface area contributed by atoms with Crippen molar-refractivity contribution in [2.75, 3.05) is 0 Å². The number of benzene rings is 2. The van der Waals surface area contributed by atoms with Crippen molar-refractivity contribution in [1.82, 2.24) is 0 Å². The number of hydrogen-bond donors (Lipinski definition) is 0. The first-order valence-electron chi connectivity index (χ1n) is 6.16. The lowest BCUT2D eigenvalue weighted by Crippen LogP contribution is -2.07. The average Bonchev–Trinajstić information content (AvgIpc) is 2.83. The first-order chi connectivity index (χ1) is 10.1. The zero-order valence-corrected chi connectivity index (χ0v) is 12.3. The second kappa shape index (κ2) is 5.61. The average molecular weight is 346 g/mol. The van der Waals surface area contributed by atoms with Crippen LogP contribution in [-0.4, -0.2) is 11.9 Å². The Labute approximate surface area is 128 Å². The van der Waals surface area contributed by atoms with Gasteiger partial charge >= 0.3 is 5.97 Å². The quantitative estimate of drug-likeness (QED) is 0.610. The van der Waals surface area contributed by atoms with E-state index < -0.39 is 11.8 Å². The second-order valence-corrected chi connectivity index (χ2v) is 5.28. The van der Waals surface area contributed by atoms with Gasteiger partial charge in [-0.1, -0.05) is 40.2 Å². The smallest absolute Gasteiger partial charge is 0.363 e. The molecule has 0 aromatic heterocycles. The second-order valence-electron chi connectivity index (χ2n) is 4.37. The Morgan fingerprint density at radius 1 is 1.10 bits per heavy atom. The molecule has 1 aliphatic rings. The number of hydrogen-bond acceptors (Lipinski definition) is 3. The maximum Gasteiger partial charge on any atom is 0.363 e. The lowest BCUT2D eigenvalue weighted by Gasteiger charge is -1.99. The van der Waals surface area contributed by atoms with Gasteiger partial charge in [-0.15, -0.1) is 0 Å². The van der Waals surface area contributed by atoms with Gasteiger partial charge in [0.2, 0.25) is 5.90 Å². The zero-order valence-electron chi connectivity index (χ0n) is 10.7. The summed E-state index contributed by atoms with van der Waals surface area (Å²) in [7, 11) is 0. The number of cyclic esters (lactones) is 1. The number of carbonyl (C=O) groups excluding carboxylic acids is 1. The largest absolute Gasteiger partial charge is 0.402 e. The fraction of sp³-hybridized carbons (Fsp3) is 0. The Hall–Kier alpha value is -2.27. The third-order valence-electron chi connectivity index (χ3n) is 2.90. The molecule has 2 aromatic carbocycles. The van der Waals surface area contributed by atoms with Crippen LogP contribution in [0.25, 0.3) is 6.08 Å². The van der Waals surface area contributed by atoms with Gasteiger partial charge in [-0.25, -0.2) is 14.2 Å². The summed E-state index contributed by atoms with van der Waals surface area (Å²) < 4.78 is 19.6. The van der Waals surface area contributed by atoms with Gasteiger partial charge in [0.25, 0.3) is 0 Å². The van der Waals surface area contributed by atoms with Crippen LogP contribution in [0.2, 0.25) is 0 Å². The zero-order chi connectivity index (χ0) is 14.8. The Balaban J connectivity index is 1.96. The Bertz CT molecular complexity index is 766. The molecule has 0 amide bonds. The van der Waals surface area contributed by atoms with Crippen molar-refractivity contribution in [3.63, 3.8) is 0 Å². The number of carbonyl (C=O) groups is 1. The van der Waals surface area contributed by atoms with Gasteiger partial charge in [-0.05, 0) is 35.9 Å². The third kappa shape index (κ3) is 2.92. The Morgan fingerprint density at radius 2 is 1.81 bits per heavy atom. The molecule has 3 nitrogen and oxygen atoms in total. The molecule has 0 saturated heterocycles. The molecule has 0 spiro atoms. The summed E-state index contributed by atoms with van der Waals surface area (Å²) in [6.45, 7) is 0. The lowest BCUT2D eigenvalue weighted by atomic mass is 10.2. The molecular formula is C16H9BrFNO2. The van der Waals surface area contributed by atoms with Crippen molar-refractivity contribution in [2.45, 2.75) is 0 Å². The number of nitrogens with zero attached hydrogens (tertiary/aromatic N) is 1. The van der Waals surface area contributed by atoms with Crippen LogP contribution in [0.3, 0.4) is 0 Å². The number of aliphatic imine (C=N–C) groups is 1. The predicted molar refractivity (Wildman–Crippen MR) is 81.1 cm³/mol. The molecule has 0 aliphatic carbocycles. The molecule has 104 valence electrons. The van der Waals surface area contributed by atoms with Gasteiger partial charge in [0.1, 0.15) is 5.82 Å². The molecule has 21 heavy (non-hydrogen) atoms. The summed E-state index contributed by atoms with van der Waals surface area (Å²) in [6, 6.07) is 13.4. The molecule has 0 bridgehead atoms. The fourth-order valence-electron chi connectivity index (χ4n) is 1.88. The van der Waals surface area contributed by atoms with E-state index >= 15 is 0 Å².